The van der Waals surface area contributed by atoms with E-state index >= 15 is 0 Å². The number of rotatable bonds is 3. The van der Waals surface area contributed by atoms with E-state index in [-0.39, 0.29) is 18.2 Å². The Morgan fingerprint density at radius 2 is 0.548 bits per heavy atom. The van der Waals surface area contributed by atoms with Crippen molar-refractivity contribution in [2.24, 2.45) is 0 Å². The minimum atomic E-state index is -4.82. The average Bonchev–Trinajstić information content (AvgIpc) is 2.74. The van der Waals surface area contributed by atoms with E-state index in [1.54, 1.807) is 0 Å². The van der Waals surface area contributed by atoms with Gasteiger partial charge in [0.2, 0.25) is 0 Å². The Morgan fingerprint density at radius 1 is 0.323 bits per heavy atom. The molecule has 0 fully saturated rings. The molecule has 0 aliphatic rings. The van der Waals surface area contributed by atoms with Crippen LogP contribution in [0.15, 0.2) is 18.2 Å². The van der Waals surface area contributed by atoms with E-state index in [0.717, 1.165) is 0 Å². The normalized spacial score (nSPS) is 11.5. The summed E-state index contributed by atoms with van der Waals surface area (Å²) in [5.41, 5.74) is 0. The van der Waals surface area contributed by atoms with Gasteiger partial charge in [0.1, 0.15) is 0 Å². The zero-order chi connectivity index (χ0) is 23.4. The Hall–Kier alpha value is -2.62. The molecule has 0 N–H and O–H groups in total. The van der Waals surface area contributed by atoms with Gasteiger partial charge in [-0.05, 0) is 0 Å². The molecule has 0 aliphatic carbocycles. The molecule has 0 bridgehead atoms. The van der Waals surface area contributed by atoms with Crippen molar-refractivity contribution < 1.29 is 52.7 Å². The van der Waals surface area contributed by atoms with Gasteiger partial charge in [-0.1, -0.05) is 0 Å². The molecular formula is C18H3AsF12. The Kier molecular flexibility index (Phi) is 6.05. The Morgan fingerprint density at radius 3 is 0.774 bits per heavy atom. The third kappa shape index (κ3) is 3.66. The molecule has 0 unspecified atom stereocenters. The molecule has 3 rings (SSSR count). The number of halogens is 12. The molecule has 0 saturated heterocycles. The second-order valence-corrected chi connectivity index (χ2v) is 10.2. The van der Waals surface area contributed by atoms with Crippen molar-refractivity contribution in [2.75, 3.05) is 0 Å². The summed E-state index contributed by atoms with van der Waals surface area (Å²) < 4.78 is 161. The van der Waals surface area contributed by atoms with E-state index in [9.17, 15) is 52.7 Å². The minimum absolute atomic E-state index is 0.148. The van der Waals surface area contributed by atoms with Crippen LogP contribution in [-0.2, 0) is 0 Å². The van der Waals surface area contributed by atoms with Crippen molar-refractivity contribution in [3.8, 4) is 0 Å². The molecule has 0 saturated carbocycles. The van der Waals surface area contributed by atoms with Crippen molar-refractivity contribution in [1.82, 2.24) is 0 Å². The van der Waals surface area contributed by atoms with Crippen LogP contribution < -0.4 is 13.1 Å². The molecule has 0 aromatic heterocycles. The van der Waals surface area contributed by atoms with Crippen molar-refractivity contribution >= 4 is 27.7 Å². The van der Waals surface area contributed by atoms with Gasteiger partial charge in [-0.3, -0.25) is 0 Å². The molecule has 0 amide bonds. The molecular weight excluding hydrogens is 519 g/mol. The monoisotopic (exact) mass is 522 g/mol. The first-order valence-electron chi connectivity index (χ1n) is 7.67. The SMILES string of the molecule is Fc1cc([As](c2cc(F)c(F)c(F)c2F)c2cc(F)c(F)c(F)c2F)c(F)c(F)c1F. The first kappa shape index (κ1) is 23.1. The summed E-state index contributed by atoms with van der Waals surface area (Å²) in [7, 11) is 0. The van der Waals surface area contributed by atoms with Gasteiger partial charge < -0.3 is 0 Å². The zero-order valence-corrected chi connectivity index (χ0v) is 16.1. The van der Waals surface area contributed by atoms with Gasteiger partial charge in [0.05, 0.1) is 0 Å². The summed E-state index contributed by atoms with van der Waals surface area (Å²) in [6.45, 7) is 0. The topological polar surface area (TPSA) is 0 Å². The van der Waals surface area contributed by atoms with E-state index in [2.05, 4.69) is 0 Å². The molecule has 164 valence electrons. The molecule has 13 heteroatoms. The number of hydrogen-bond acceptors (Lipinski definition) is 0. The summed E-state index contributed by atoms with van der Waals surface area (Å²) in [5.74, 6) is -27.9. The van der Waals surface area contributed by atoms with E-state index in [4.69, 9.17) is 0 Å². The van der Waals surface area contributed by atoms with Crippen LogP contribution >= 0.6 is 0 Å². The summed E-state index contributed by atoms with van der Waals surface area (Å²) in [4.78, 5) is 0. The number of hydrogen-bond donors (Lipinski definition) is 0. The fourth-order valence-electron chi connectivity index (χ4n) is 2.56. The predicted molar refractivity (Wildman–Crippen MR) is 83.5 cm³/mol. The third-order valence-corrected chi connectivity index (χ3v) is 9.05. The van der Waals surface area contributed by atoms with E-state index in [1.807, 2.05) is 0 Å². The number of benzene rings is 3. The van der Waals surface area contributed by atoms with Crippen molar-refractivity contribution in [1.29, 1.82) is 0 Å². The van der Waals surface area contributed by atoms with Crippen LogP contribution in [-0.4, -0.2) is 14.7 Å². The Labute approximate surface area is 169 Å². The summed E-state index contributed by atoms with van der Waals surface area (Å²) in [6, 6.07) is -0.444. The van der Waals surface area contributed by atoms with Gasteiger partial charge in [-0.25, -0.2) is 0 Å². The second-order valence-electron chi connectivity index (χ2n) is 5.79. The van der Waals surface area contributed by atoms with Gasteiger partial charge in [0, 0.05) is 0 Å². The maximum absolute atomic E-state index is 14.4. The summed E-state index contributed by atoms with van der Waals surface area (Å²) >= 11 is -4.82. The molecule has 3 aromatic carbocycles. The van der Waals surface area contributed by atoms with Gasteiger partial charge in [-0.2, -0.15) is 0 Å². The van der Waals surface area contributed by atoms with Crippen molar-refractivity contribution in [3.05, 3.63) is 88.0 Å². The molecule has 0 heterocycles. The van der Waals surface area contributed by atoms with Crippen LogP contribution in [0.25, 0.3) is 0 Å². The average molecular weight is 522 g/mol. The van der Waals surface area contributed by atoms with E-state index in [0.29, 0.717) is 0 Å². The second kappa shape index (κ2) is 8.14. The summed E-state index contributed by atoms with van der Waals surface area (Å²) in [6.07, 6.45) is 0. The van der Waals surface area contributed by atoms with Crippen LogP contribution in [0.5, 0.6) is 0 Å². The molecule has 0 radical (unpaired) electrons. The quantitative estimate of drug-likeness (QED) is 0.212. The summed E-state index contributed by atoms with van der Waals surface area (Å²) in [5, 5.41) is 0. The fourth-order valence-corrected chi connectivity index (χ4v) is 7.57. The first-order chi connectivity index (χ1) is 14.4. The Bertz CT molecular complexity index is 1070. The van der Waals surface area contributed by atoms with Crippen molar-refractivity contribution in [3.63, 3.8) is 0 Å². The van der Waals surface area contributed by atoms with Crippen LogP contribution in [0.3, 0.4) is 0 Å². The fraction of sp³-hybridized carbons (Fsp3) is 0. The van der Waals surface area contributed by atoms with Gasteiger partial charge in [0.15, 0.2) is 0 Å². The molecule has 3 aromatic rings. The molecule has 0 spiro atoms. The van der Waals surface area contributed by atoms with Gasteiger partial charge in [-0.15, -0.1) is 0 Å². The van der Waals surface area contributed by atoms with Crippen LogP contribution in [0, 0.1) is 69.8 Å². The molecule has 0 nitrogen and oxygen atoms in total. The van der Waals surface area contributed by atoms with Gasteiger partial charge in [0.25, 0.3) is 0 Å². The molecule has 31 heavy (non-hydrogen) atoms. The predicted octanol–water partition coefficient (Wildman–Crippen LogP) is 3.87. The Balaban J connectivity index is 2.50. The molecule has 0 aliphatic heterocycles. The molecule has 0 atom stereocenters. The van der Waals surface area contributed by atoms with E-state index < -0.39 is 97.5 Å². The van der Waals surface area contributed by atoms with E-state index in [1.165, 1.54) is 0 Å². The third-order valence-electron chi connectivity index (χ3n) is 3.97. The van der Waals surface area contributed by atoms with Crippen LogP contribution in [0.1, 0.15) is 0 Å². The first-order valence-corrected chi connectivity index (χ1v) is 10.5. The van der Waals surface area contributed by atoms with Gasteiger partial charge >= 0.3 is 168 Å². The van der Waals surface area contributed by atoms with Crippen LogP contribution in [0.2, 0.25) is 0 Å². The maximum atomic E-state index is 14.4. The van der Waals surface area contributed by atoms with Crippen LogP contribution in [0.4, 0.5) is 52.7 Å². The standard InChI is InChI=1S/C18H3AsF12/c20-7-1-4(10(23)16(29)13(7)26)19(5-2-8(21)14(27)17(30)11(5)24)6-3-9(22)15(28)18(31)12(6)25/h1-3H. The zero-order valence-electron chi connectivity index (χ0n) is 14.2. The van der Waals surface area contributed by atoms with Crippen molar-refractivity contribution in [2.45, 2.75) is 0 Å².